The van der Waals surface area contributed by atoms with E-state index in [0.717, 1.165) is 12.8 Å². The fourth-order valence-corrected chi connectivity index (χ4v) is 1.92. The van der Waals surface area contributed by atoms with Crippen LogP contribution in [0.1, 0.15) is 31.2 Å². The third-order valence-electron chi connectivity index (χ3n) is 3.03. The van der Waals surface area contributed by atoms with Gasteiger partial charge in [-0.15, -0.1) is 12.4 Å². The van der Waals surface area contributed by atoms with E-state index in [1.54, 1.807) is 12.1 Å². The first-order valence-corrected chi connectivity index (χ1v) is 6.93. The molecule has 0 aromatic heterocycles. The molecule has 0 saturated heterocycles. The lowest BCUT2D eigenvalue weighted by atomic mass is 10.2. The summed E-state index contributed by atoms with van der Waals surface area (Å²) in [6.07, 6.45) is 2.29. The van der Waals surface area contributed by atoms with Crippen molar-refractivity contribution in [1.29, 1.82) is 0 Å². The van der Waals surface area contributed by atoms with Crippen LogP contribution in [-0.2, 0) is 16.1 Å². The van der Waals surface area contributed by atoms with Crippen LogP contribution in [0.3, 0.4) is 0 Å². The molecular weight excluding hydrogens is 318 g/mol. The lowest BCUT2D eigenvalue weighted by molar-refractivity contribution is -0.126. The molecule has 116 valence electrons. The fourth-order valence-electron chi connectivity index (χ4n) is 1.72. The van der Waals surface area contributed by atoms with Crippen LogP contribution < -0.4 is 10.6 Å². The van der Waals surface area contributed by atoms with E-state index in [1.165, 1.54) is 6.07 Å². The minimum absolute atomic E-state index is 0. The molecule has 0 atom stereocenters. The third-order valence-corrected chi connectivity index (χ3v) is 3.32. The van der Waals surface area contributed by atoms with Crippen molar-refractivity contribution in [1.82, 2.24) is 10.6 Å². The first kappa shape index (κ1) is 17.7. The van der Waals surface area contributed by atoms with Gasteiger partial charge in [0, 0.05) is 31.0 Å². The summed E-state index contributed by atoms with van der Waals surface area (Å²) in [5.74, 6) is -0.923. The number of carbonyl (C=O) groups excluding carboxylic acids is 2. The molecule has 1 aliphatic rings. The molecule has 21 heavy (non-hydrogen) atoms. The van der Waals surface area contributed by atoms with Crippen LogP contribution in [0.25, 0.3) is 0 Å². The maximum absolute atomic E-state index is 13.6. The second-order valence-electron chi connectivity index (χ2n) is 4.83. The van der Waals surface area contributed by atoms with E-state index in [1.807, 2.05) is 0 Å². The van der Waals surface area contributed by atoms with Crippen molar-refractivity contribution in [2.45, 2.75) is 38.3 Å². The standard InChI is InChI=1S/C14H16ClFN2O2.ClH/c15-11-3-1-2-9(14(11)16)8-17-12(19)6-7-13(20)18-10-4-5-10;/h1-3,10H,4-8H2,(H,17,19)(H,18,20);1H. The van der Waals surface area contributed by atoms with Gasteiger partial charge in [-0.1, -0.05) is 23.7 Å². The summed E-state index contributed by atoms with van der Waals surface area (Å²) < 4.78 is 13.6. The zero-order chi connectivity index (χ0) is 14.5. The lowest BCUT2D eigenvalue weighted by Gasteiger charge is -2.07. The normalized spacial score (nSPS) is 13.2. The Hall–Kier alpha value is -1.33. The molecular formula is C14H17Cl2FN2O2. The van der Waals surface area contributed by atoms with Gasteiger partial charge in [0.05, 0.1) is 5.02 Å². The maximum Gasteiger partial charge on any atom is 0.220 e. The molecule has 0 bridgehead atoms. The van der Waals surface area contributed by atoms with Crippen molar-refractivity contribution in [3.05, 3.63) is 34.6 Å². The minimum atomic E-state index is -0.527. The average Bonchev–Trinajstić information content (AvgIpc) is 3.22. The number of carbonyl (C=O) groups is 2. The van der Waals surface area contributed by atoms with E-state index in [0.29, 0.717) is 11.6 Å². The quantitative estimate of drug-likeness (QED) is 0.839. The first-order chi connectivity index (χ1) is 9.56. The van der Waals surface area contributed by atoms with Crippen molar-refractivity contribution in [3.8, 4) is 0 Å². The Kier molecular flexibility index (Phi) is 6.92. The highest BCUT2D eigenvalue weighted by Crippen LogP contribution is 2.19. The van der Waals surface area contributed by atoms with Crippen LogP contribution in [0.4, 0.5) is 4.39 Å². The van der Waals surface area contributed by atoms with Crippen molar-refractivity contribution in [3.63, 3.8) is 0 Å². The molecule has 7 heteroatoms. The summed E-state index contributed by atoms with van der Waals surface area (Å²) in [5.41, 5.74) is 0.327. The average molecular weight is 335 g/mol. The summed E-state index contributed by atoms with van der Waals surface area (Å²) in [7, 11) is 0. The largest absolute Gasteiger partial charge is 0.353 e. The number of halogens is 3. The second-order valence-corrected chi connectivity index (χ2v) is 5.24. The Morgan fingerprint density at radius 3 is 2.57 bits per heavy atom. The highest BCUT2D eigenvalue weighted by Gasteiger charge is 2.23. The molecule has 0 unspecified atom stereocenters. The number of hydrogen-bond donors (Lipinski definition) is 2. The molecule has 4 nitrogen and oxygen atoms in total. The van der Waals surface area contributed by atoms with Crippen LogP contribution in [0.15, 0.2) is 18.2 Å². The number of rotatable bonds is 6. The number of benzene rings is 1. The molecule has 1 aromatic rings. The van der Waals surface area contributed by atoms with Gasteiger partial charge in [0.15, 0.2) is 0 Å². The smallest absolute Gasteiger partial charge is 0.220 e. The predicted molar refractivity (Wildman–Crippen MR) is 80.9 cm³/mol. The molecule has 1 aromatic carbocycles. The van der Waals surface area contributed by atoms with Gasteiger partial charge < -0.3 is 10.6 Å². The van der Waals surface area contributed by atoms with Crippen LogP contribution >= 0.6 is 24.0 Å². The van der Waals surface area contributed by atoms with E-state index in [2.05, 4.69) is 10.6 Å². The number of hydrogen-bond acceptors (Lipinski definition) is 2. The Morgan fingerprint density at radius 2 is 1.90 bits per heavy atom. The molecule has 2 N–H and O–H groups in total. The molecule has 0 spiro atoms. The van der Waals surface area contributed by atoms with E-state index in [4.69, 9.17) is 11.6 Å². The molecule has 2 amide bonds. The molecule has 1 saturated carbocycles. The highest BCUT2D eigenvalue weighted by atomic mass is 35.5. The SMILES string of the molecule is Cl.O=C(CCC(=O)NC1CC1)NCc1cccc(Cl)c1F. The van der Waals surface area contributed by atoms with Gasteiger partial charge in [0.25, 0.3) is 0 Å². The topological polar surface area (TPSA) is 58.2 Å². The van der Waals surface area contributed by atoms with E-state index in [-0.39, 0.29) is 48.6 Å². The summed E-state index contributed by atoms with van der Waals surface area (Å²) in [4.78, 5) is 23.0. The molecule has 0 aliphatic heterocycles. The third kappa shape index (κ3) is 5.89. The van der Waals surface area contributed by atoms with Gasteiger partial charge in [-0.3, -0.25) is 9.59 Å². The van der Waals surface area contributed by atoms with Crippen LogP contribution in [0, 0.1) is 5.82 Å². The molecule has 1 aliphatic carbocycles. The van der Waals surface area contributed by atoms with Crippen LogP contribution in [0.2, 0.25) is 5.02 Å². The Morgan fingerprint density at radius 1 is 1.24 bits per heavy atom. The van der Waals surface area contributed by atoms with Gasteiger partial charge in [0.1, 0.15) is 5.82 Å². The molecule has 0 radical (unpaired) electrons. The summed E-state index contributed by atoms with van der Waals surface area (Å²) in [6.45, 7) is 0.0650. The number of nitrogens with one attached hydrogen (secondary N) is 2. The Labute approximate surface area is 133 Å². The molecule has 0 heterocycles. The van der Waals surface area contributed by atoms with E-state index in [9.17, 15) is 14.0 Å². The second kappa shape index (κ2) is 8.20. The molecule has 1 fully saturated rings. The Balaban J connectivity index is 0.00000220. The minimum Gasteiger partial charge on any atom is -0.353 e. The summed E-state index contributed by atoms with van der Waals surface area (Å²) in [6, 6.07) is 4.92. The zero-order valence-electron chi connectivity index (χ0n) is 11.3. The summed E-state index contributed by atoms with van der Waals surface area (Å²) in [5, 5.41) is 5.41. The lowest BCUT2D eigenvalue weighted by Crippen LogP contribution is -2.28. The first-order valence-electron chi connectivity index (χ1n) is 6.55. The van der Waals surface area contributed by atoms with Crippen molar-refractivity contribution < 1.29 is 14.0 Å². The van der Waals surface area contributed by atoms with Gasteiger partial charge in [-0.25, -0.2) is 4.39 Å². The predicted octanol–water partition coefficient (Wildman–Crippen LogP) is 2.58. The van der Waals surface area contributed by atoms with Gasteiger partial charge in [-0.2, -0.15) is 0 Å². The summed E-state index contributed by atoms with van der Waals surface area (Å²) >= 11 is 5.65. The highest BCUT2D eigenvalue weighted by molar-refractivity contribution is 6.30. The van der Waals surface area contributed by atoms with Gasteiger partial charge in [0.2, 0.25) is 11.8 Å². The fraction of sp³-hybridized carbons (Fsp3) is 0.429. The zero-order valence-corrected chi connectivity index (χ0v) is 12.9. The van der Waals surface area contributed by atoms with E-state index < -0.39 is 5.82 Å². The molecule has 2 rings (SSSR count). The maximum atomic E-state index is 13.6. The number of amides is 2. The van der Waals surface area contributed by atoms with Crippen molar-refractivity contribution in [2.75, 3.05) is 0 Å². The van der Waals surface area contributed by atoms with E-state index >= 15 is 0 Å². The van der Waals surface area contributed by atoms with Crippen LogP contribution in [0.5, 0.6) is 0 Å². The Bertz CT molecular complexity index is 522. The monoisotopic (exact) mass is 334 g/mol. The van der Waals surface area contributed by atoms with Crippen molar-refractivity contribution in [2.24, 2.45) is 0 Å². The van der Waals surface area contributed by atoms with Gasteiger partial charge in [-0.05, 0) is 18.9 Å². The van der Waals surface area contributed by atoms with Crippen LogP contribution in [-0.4, -0.2) is 17.9 Å². The van der Waals surface area contributed by atoms with Crippen molar-refractivity contribution >= 4 is 35.8 Å². The van der Waals surface area contributed by atoms with Gasteiger partial charge >= 0.3 is 0 Å².